The molecule has 10 heteroatoms. The van der Waals surface area contributed by atoms with Crippen LogP contribution in [-0.4, -0.2) is 57.0 Å². The Morgan fingerprint density at radius 1 is 1.22 bits per heavy atom. The summed E-state index contributed by atoms with van der Waals surface area (Å²) in [6, 6.07) is 7.97. The van der Waals surface area contributed by atoms with Gasteiger partial charge < -0.3 is 20.7 Å². The first-order valence-corrected chi connectivity index (χ1v) is 13.0. The molecule has 178 valence electrons. The summed E-state index contributed by atoms with van der Waals surface area (Å²) in [6.45, 7) is 0.418. The van der Waals surface area contributed by atoms with Crippen LogP contribution in [0.3, 0.4) is 0 Å². The van der Waals surface area contributed by atoms with E-state index >= 15 is 0 Å². The lowest BCUT2D eigenvalue weighted by Crippen LogP contribution is -2.47. The van der Waals surface area contributed by atoms with E-state index in [9.17, 15) is 13.2 Å². The summed E-state index contributed by atoms with van der Waals surface area (Å²) >= 11 is 0. The molecule has 1 aromatic carbocycles. The van der Waals surface area contributed by atoms with E-state index in [-0.39, 0.29) is 65.5 Å². The molecule has 2 aliphatic heterocycles. The molecule has 32 heavy (non-hydrogen) atoms. The third-order valence-corrected chi connectivity index (χ3v) is 8.26. The van der Waals surface area contributed by atoms with Gasteiger partial charge in [-0.1, -0.05) is 18.2 Å². The molecular weight excluding hydrogens is 543 g/mol. The van der Waals surface area contributed by atoms with Crippen LogP contribution < -0.4 is 20.7 Å². The van der Waals surface area contributed by atoms with Gasteiger partial charge in [0, 0.05) is 38.0 Å². The zero-order chi connectivity index (χ0) is 21.9. The van der Waals surface area contributed by atoms with Crippen LogP contribution in [0.15, 0.2) is 29.3 Å². The van der Waals surface area contributed by atoms with E-state index in [0.717, 1.165) is 30.6 Å². The standard InChI is InChI=1S/C22H32N4O4S.HI/c1-23-21(24-12-8-20(27)25-16-9-13-31(28,29)15-16)26-18-14-22(10-4-5-11-22)30-19-7-3-2-6-17(18)19;/h2-3,6-7,16,18H,4-5,8-15H2,1H3,(H,25,27)(H2,23,24,26);1H. The number of aliphatic imine (C=N–C) groups is 1. The SMILES string of the molecule is CN=C(NCCC(=O)NC1CCS(=O)(=O)C1)NC1CC2(CCCC2)Oc2ccccc21.I. The van der Waals surface area contributed by atoms with Gasteiger partial charge in [0.1, 0.15) is 11.4 Å². The van der Waals surface area contributed by atoms with Crippen molar-refractivity contribution in [1.29, 1.82) is 0 Å². The zero-order valence-electron chi connectivity index (χ0n) is 18.4. The number of benzene rings is 1. The first kappa shape index (κ1) is 25.1. The fourth-order valence-electron chi connectivity index (χ4n) is 4.94. The topological polar surface area (TPSA) is 109 Å². The van der Waals surface area contributed by atoms with Crippen molar-refractivity contribution in [3.63, 3.8) is 0 Å². The second-order valence-electron chi connectivity index (χ2n) is 8.85. The van der Waals surface area contributed by atoms with Crippen LogP contribution in [0.2, 0.25) is 0 Å². The Hall–Kier alpha value is -1.56. The fourth-order valence-corrected chi connectivity index (χ4v) is 6.61. The lowest BCUT2D eigenvalue weighted by atomic mass is 9.86. The monoisotopic (exact) mass is 576 g/mol. The van der Waals surface area contributed by atoms with Crippen molar-refractivity contribution in [1.82, 2.24) is 16.0 Å². The number of carbonyl (C=O) groups excluding carboxylic acids is 1. The highest BCUT2D eigenvalue weighted by atomic mass is 127. The molecule has 2 fully saturated rings. The second-order valence-corrected chi connectivity index (χ2v) is 11.1. The molecule has 3 aliphatic rings. The van der Waals surface area contributed by atoms with E-state index in [1.165, 1.54) is 12.8 Å². The highest BCUT2D eigenvalue weighted by molar-refractivity contribution is 14.0. The average Bonchev–Trinajstić information content (AvgIpc) is 3.32. The number of hydrogen-bond acceptors (Lipinski definition) is 5. The van der Waals surface area contributed by atoms with Crippen molar-refractivity contribution < 1.29 is 17.9 Å². The van der Waals surface area contributed by atoms with Crippen LogP contribution in [0, 0.1) is 0 Å². The Morgan fingerprint density at radius 3 is 2.66 bits per heavy atom. The molecule has 1 saturated carbocycles. The first-order valence-electron chi connectivity index (χ1n) is 11.1. The molecule has 3 N–H and O–H groups in total. The van der Waals surface area contributed by atoms with Gasteiger partial charge in [-0.15, -0.1) is 24.0 Å². The maximum absolute atomic E-state index is 12.2. The van der Waals surface area contributed by atoms with Crippen molar-refractivity contribution in [2.24, 2.45) is 4.99 Å². The van der Waals surface area contributed by atoms with Crippen molar-refractivity contribution >= 4 is 45.7 Å². The lowest BCUT2D eigenvalue weighted by molar-refractivity contribution is -0.121. The molecule has 1 spiro atoms. The molecular formula is C22H33IN4O4S. The molecule has 2 atom stereocenters. The van der Waals surface area contributed by atoms with Crippen molar-refractivity contribution in [3.8, 4) is 5.75 Å². The van der Waals surface area contributed by atoms with E-state index < -0.39 is 9.84 Å². The smallest absolute Gasteiger partial charge is 0.222 e. The summed E-state index contributed by atoms with van der Waals surface area (Å²) in [4.78, 5) is 16.5. The van der Waals surface area contributed by atoms with Gasteiger partial charge in [-0.2, -0.15) is 0 Å². The number of rotatable bonds is 5. The summed E-state index contributed by atoms with van der Waals surface area (Å²) in [5, 5.41) is 9.55. The van der Waals surface area contributed by atoms with Gasteiger partial charge in [-0.25, -0.2) is 8.42 Å². The Morgan fingerprint density at radius 2 is 1.97 bits per heavy atom. The molecule has 8 nitrogen and oxygen atoms in total. The molecule has 1 saturated heterocycles. The predicted octanol–water partition coefficient (Wildman–Crippen LogP) is 2.30. The highest BCUT2D eigenvalue weighted by Crippen LogP contribution is 2.46. The molecule has 2 heterocycles. The Bertz CT molecular complexity index is 947. The van der Waals surface area contributed by atoms with Crippen molar-refractivity contribution in [3.05, 3.63) is 29.8 Å². The number of para-hydroxylation sites is 1. The molecule has 0 aromatic heterocycles. The van der Waals surface area contributed by atoms with Crippen LogP contribution in [0.25, 0.3) is 0 Å². The molecule has 0 radical (unpaired) electrons. The number of hydrogen-bond donors (Lipinski definition) is 3. The number of fused-ring (bicyclic) bond motifs is 1. The number of sulfone groups is 1. The van der Waals surface area contributed by atoms with Crippen LogP contribution in [0.1, 0.15) is 56.6 Å². The minimum absolute atomic E-state index is 0. The lowest BCUT2D eigenvalue weighted by Gasteiger charge is -2.40. The number of nitrogens with zero attached hydrogens (tertiary/aromatic N) is 1. The summed E-state index contributed by atoms with van der Waals surface area (Å²) in [5.74, 6) is 1.63. The molecule has 1 amide bonds. The zero-order valence-corrected chi connectivity index (χ0v) is 21.6. The maximum atomic E-state index is 12.2. The minimum atomic E-state index is -3.00. The third-order valence-electron chi connectivity index (χ3n) is 6.49. The Kier molecular flexibility index (Phi) is 8.29. The summed E-state index contributed by atoms with van der Waals surface area (Å²) in [5.41, 5.74) is 1.02. The number of halogens is 1. The van der Waals surface area contributed by atoms with Crippen molar-refractivity contribution in [2.75, 3.05) is 25.1 Å². The van der Waals surface area contributed by atoms with Crippen LogP contribution >= 0.6 is 24.0 Å². The predicted molar refractivity (Wildman–Crippen MR) is 135 cm³/mol. The number of amides is 1. The number of nitrogens with one attached hydrogen (secondary N) is 3. The second kappa shape index (κ2) is 10.6. The third kappa shape index (κ3) is 6.06. The normalized spacial score (nSPS) is 25.3. The first-order chi connectivity index (χ1) is 14.9. The number of carbonyl (C=O) groups is 1. The number of ether oxygens (including phenoxy) is 1. The number of guanidine groups is 1. The van der Waals surface area contributed by atoms with Gasteiger partial charge in [0.05, 0.1) is 17.5 Å². The van der Waals surface area contributed by atoms with Crippen LogP contribution in [0.4, 0.5) is 0 Å². The maximum Gasteiger partial charge on any atom is 0.222 e. The average molecular weight is 577 g/mol. The molecule has 0 bridgehead atoms. The molecule has 2 unspecified atom stereocenters. The van der Waals surface area contributed by atoms with Gasteiger partial charge in [-0.05, 0) is 38.2 Å². The van der Waals surface area contributed by atoms with Gasteiger partial charge in [-0.3, -0.25) is 9.79 Å². The van der Waals surface area contributed by atoms with Gasteiger partial charge in [0.15, 0.2) is 15.8 Å². The van der Waals surface area contributed by atoms with E-state index in [4.69, 9.17) is 4.74 Å². The quantitative estimate of drug-likeness (QED) is 0.282. The molecule has 4 rings (SSSR count). The molecule has 1 aromatic rings. The summed E-state index contributed by atoms with van der Waals surface area (Å²) in [7, 11) is -1.28. The van der Waals surface area contributed by atoms with Crippen LogP contribution in [0.5, 0.6) is 5.75 Å². The van der Waals surface area contributed by atoms with E-state index in [1.54, 1.807) is 7.05 Å². The van der Waals surface area contributed by atoms with Gasteiger partial charge >= 0.3 is 0 Å². The van der Waals surface area contributed by atoms with E-state index in [0.29, 0.717) is 18.9 Å². The largest absolute Gasteiger partial charge is 0.487 e. The summed E-state index contributed by atoms with van der Waals surface area (Å²) in [6.07, 6.45) is 6.17. The molecule has 1 aliphatic carbocycles. The van der Waals surface area contributed by atoms with Gasteiger partial charge in [0.2, 0.25) is 5.91 Å². The van der Waals surface area contributed by atoms with E-state index in [1.807, 2.05) is 18.2 Å². The summed E-state index contributed by atoms with van der Waals surface area (Å²) < 4.78 is 29.5. The van der Waals surface area contributed by atoms with Crippen LogP contribution in [-0.2, 0) is 14.6 Å². The Labute approximate surface area is 207 Å². The Balaban J connectivity index is 0.00000289. The van der Waals surface area contributed by atoms with Crippen molar-refractivity contribution in [2.45, 2.75) is 62.6 Å². The fraction of sp³-hybridized carbons (Fsp3) is 0.636. The van der Waals surface area contributed by atoms with E-state index in [2.05, 4.69) is 27.0 Å². The van der Waals surface area contributed by atoms with Gasteiger partial charge in [0.25, 0.3) is 0 Å². The minimum Gasteiger partial charge on any atom is -0.487 e. The highest BCUT2D eigenvalue weighted by Gasteiger charge is 2.43.